The summed E-state index contributed by atoms with van der Waals surface area (Å²) in [7, 11) is 0. The number of rotatable bonds is 6. The number of ketones is 1. The Labute approximate surface area is 124 Å². The number of Topliss-reactive ketones (excluding diaryl/α,β-unsaturated/α-hetero) is 1. The average Bonchev–Trinajstić information content (AvgIpc) is 2.46. The molecule has 2 aromatic carbocycles. The highest BCUT2D eigenvalue weighted by atomic mass is 32.2. The Kier molecular flexibility index (Phi) is 5.24. The van der Waals surface area contributed by atoms with Crippen LogP contribution >= 0.6 is 11.8 Å². The van der Waals surface area contributed by atoms with Crippen molar-refractivity contribution >= 4 is 17.5 Å². The monoisotopic (exact) mass is 285 g/mol. The van der Waals surface area contributed by atoms with Gasteiger partial charge in [0.2, 0.25) is 0 Å². The number of benzene rings is 2. The molecular weight excluding hydrogens is 268 g/mol. The van der Waals surface area contributed by atoms with E-state index in [1.165, 1.54) is 0 Å². The number of ether oxygens (including phenoxy) is 1. The molecule has 0 fully saturated rings. The van der Waals surface area contributed by atoms with Gasteiger partial charge >= 0.3 is 0 Å². The van der Waals surface area contributed by atoms with Crippen molar-refractivity contribution in [3.8, 4) is 5.75 Å². The van der Waals surface area contributed by atoms with Crippen LogP contribution in [-0.4, -0.2) is 18.1 Å². The highest BCUT2D eigenvalue weighted by molar-refractivity contribution is 7.99. The highest BCUT2D eigenvalue weighted by Gasteiger charge is 2.01. The van der Waals surface area contributed by atoms with Gasteiger partial charge in [-0.3, -0.25) is 4.79 Å². The van der Waals surface area contributed by atoms with E-state index in [0.29, 0.717) is 6.61 Å². The van der Waals surface area contributed by atoms with Crippen LogP contribution in [0.15, 0.2) is 47.4 Å². The Morgan fingerprint density at radius 3 is 2.65 bits per heavy atom. The maximum absolute atomic E-state index is 11.2. The lowest BCUT2D eigenvalue weighted by atomic mass is 10.2. The summed E-state index contributed by atoms with van der Waals surface area (Å²) in [6.07, 6.45) is 0. The molecule has 0 aliphatic heterocycles. The van der Waals surface area contributed by atoms with E-state index in [4.69, 9.17) is 4.74 Å². The molecule has 0 amide bonds. The lowest BCUT2D eigenvalue weighted by Crippen LogP contribution is -2.01. The third-order valence-corrected chi connectivity index (χ3v) is 3.85. The minimum absolute atomic E-state index is 0.0972. The van der Waals surface area contributed by atoms with Crippen LogP contribution in [-0.2, 0) is 0 Å². The second-order valence-corrected chi connectivity index (χ2v) is 5.63. The summed E-state index contributed by atoms with van der Waals surface area (Å²) in [6, 6.07) is 16.6. The standard InChI is InChI=1S/C17H17O2S/c1-13-5-3-4-6-17(13)19-11-12-20-16-9-7-15(8-10-16)14(2)18/h3-5,7-10H,11-12H2,1-2H3. The van der Waals surface area contributed by atoms with Crippen LogP contribution in [0.1, 0.15) is 22.8 Å². The molecule has 20 heavy (non-hydrogen) atoms. The molecule has 103 valence electrons. The van der Waals surface area contributed by atoms with Gasteiger partial charge in [0.25, 0.3) is 0 Å². The Morgan fingerprint density at radius 1 is 1.25 bits per heavy atom. The van der Waals surface area contributed by atoms with Gasteiger partial charge in [0.05, 0.1) is 6.61 Å². The molecule has 0 atom stereocenters. The number of hydrogen-bond donors (Lipinski definition) is 0. The SMILES string of the molecule is CC(=O)c1ccc(SCCOc2[c]cccc2C)cc1. The van der Waals surface area contributed by atoms with E-state index in [1.807, 2.05) is 49.4 Å². The van der Waals surface area contributed by atoms with Crippen LogP contribution in [0.5, 0.6) is 5.75 Å². The molecule has 0 N–H and O–H groups in total. The second kappa shape index (κ2) is 7.15. The fraction of sp³-hybridized carbons (Fsp3) is 0.235. The molecule has 0 spiro atoms. The van der Waals surface area contributed by atoms with E-state index in [1.54, 1.807) is 18.7 Å². The second-order valence-electron chi connectivity index (χ2n) is 4.46. The van der Waals surface area contributed by atoms with Crippen molar-refractivity contribution in [3.05, 3.63) is 59.7 Å². The third kappa shape index (κ3) is 4.14. The minimum Gasteiger partial charge on any atom is -0.492 e. The number of carbonyl (C=O) groups excluding carboxylic acids is 1. The quantitative estimate of drug-likeness (QED) is 0.453. The van der Waals surface area contributed by atoms with Crippen molar-refractivity contribution < 1.29 is 9.53 Å². The molecule has 0 bridgehead atoms. The van der Waals surface area contributed by atoms with E-state index in [0.717, 1.165) is 27.5 Å². The van der Waals surface area contributed by atoms with Crippen molar-refractivity contribution in [3.63, 3.8) is 0 Å². The Balaban J connectivity index is 1.79. The van der Waals surface area contributed by atoms with Gasteiger partial charge in [-0.05, 0) is 31.5 Å². The van der Waals surface area contributed by atoms with Gasteiger partial charge in [-0.15, -0.1) is 11.8 Å². The maximum Gasteiger partial charge on any atom is 0.159 e. The summed E-state index contributed by atoms with van der Waals surface area (Å²) >= 11 is 1.72. The summed E-state index contributed by atoms with van der Waals surface area (Å²) in [6.45, 7) is 4.23. The first-order valence-electron chi connectivity index (χ1n) is 6.51. The number of para-hydroxylation sites is 1. The minimum atomic E-state index is 0.0972. The predicted molar refractivity (Wildman–Crippen MR) is 82.7 cm³/mol. The van der Waals surface area contributed by atoms with Gasteiger partial charge in [0, 0.05) is 22.3 Å². The highest BCUT2D eigenvalue weighted by Crippen LogP contribution is 2.20. The zero-order valence-corrected chi connectivity index (χ0v) is 12.5. The largest absolute Gasteiger partial charge is 0.492 e. The van der Waals surface area contributed by atoms with Gasteiger partial charge in [-0.2, -0.15) is 0 Å². The fourth-order valence-electron chi connectivity index (χ4n) is 1.75. The average molecular weight is 285 g/mol. The summed E-state index contributed by atoms with van der Waals surface area (Å²) in [5.41, 5.74) is 1.85. The van der Waals surface area contributed by atoms with Gasteiger partial charge in [0.15, 0.2) is 5.78 Å². The number of carbonyl (C=O) groups is 1. The zero-order valence-electron chi connectivity index (χ0n) is 11.7. The number of thioether (sulfide) groups is 1. The van der Waals surface area contributed by atoms with E-state index in [2.05, 4.69) is 6.07 Å². The zero-order chi connectivity index (χ0) is 14.4. The van der Waals surface area contributed by atoms with Gasteiger partial charge in [-0.1, -0.05) is 30.3 Å². The van der Waals surface area contributed by atoms with Gasteiger partial charge in [0.1, 0.15) is 5.75 Å². The van der Waals surface area contributed by atoms with Crippen molar-refractivity contribution in [2.45, 2.75) is 18.7 Å². The topological polar surface area (TPSA) is 26.3 Å². The first kappa shape index (κ1) is 14.7. The lowest BCUT2D eigenvalue weighted by molar-refractivity contribution is 0.101. The fourth-order valence-corrected chi connectivity index (χ4v) is 2.48. The van der Waals surface area contributed by atoms with Crippen LogP contribution in [0.2, 0.25) is 0 Å². The molecule has 1 radical (unpaired) electrons. The molecule has 0 aromatic heterocycles. The van der Waals surface area contributed by atoms with E-state index in [-0.39, 0.29) is 5.78 Å². The van der Waals surface area contributed by atoms with E-state index < -0.39 is 0 Å². The maximum atomic E-state index is 11.2. The smallest absolute Gasteiger partial charge is 0.159 e. The van der Waals surface area contributed by atoms with Crippen molar-refractivity contribution in [2.75, 3.05) is 12.4 Å². The van der Waals surface area contributed by atoms with Crippen molar-refractivity contribution in [1.82, 2.24) is 0 Å². The van der Waals surface area contributed by atoms with Crippen LogP contribution in [0, 0.1) is 13.0 Å². The van der Waals surface area contributed by atoms with Crippen LogP contribution in [0.25, 0.3) is 0 Å². The van der Waals surface area contributed by atoms with Gasteiger partial charge in [-0.25, -0.2) is 0 Å². The lowest BCUT2D eigenvalue weighted by Gasteiger charge is -2.08. The predicted octanol–water partition coefficient (Wildman–Crippen LogP) is 4.17. The summed E-state index contributed by atoms with van der Waals surface area (Å²) < 4.78 is 5.69. The molecule has 0 heterocycles. The van der Waals surface area contributed by atoms with Gasteiger partial charge < -0.3 is 4.74 Å². The Hall–Kier alpha value is -1.74. The van der Waals surface area contributed by atoms with Crippen LogP contribution < -0.4 is 4.74 Å². The normalized spacial score (nSPS) is 10.3. The van der Waals surface area contributed by atoms with E-state index >= 15 is 0 Å². The van der Waals surface area contributed by atoms with Crippen molar-refractivity contribution in [2.24, 2.45) is 0 Å². The van der Waals surface area contributed by atoms with E-state index in [9.17, 15) is 4.79 Å². The molecule has 0 unspecified atom stereocenters. The first-order chi connectivity index (χ1) is 9.66. The summed E-state index contributed by atoms with van der Waals surface area (Å²) in [5.74, 6) is 1.78. The molecule has 2 nitrogen and oxygen atoms in total. The van der Waals surface area contributed by atoms with Crippen LogP contribution in [0.4, 0.5) is 0 Å². The molecule has 2 aromatic rings. The Bertz CT molecular complexity index is 576. The first-order valence-corrected chi connectivity index (χ1v) is 7.49. The third-order valence-electron chi connectivity index (χ3n) is 2.87. The van der Waals surface area contributed by atoms with Crippen LogP contribution in [0.3, 0.4) is 0 Å². The molecule has 0 aliphatic carbocycles. The summed E-state index contributed by atoms with van der Waals surface area (Å²) in [4.78, 5) is 12.3. The number of hydrogen-bond acceptors (Lipinski definition) is 3. The molecule has 0 saturated carbocycles. The number of aryl methyl sites for hydroxylation is 1. The molecule has 2 rings (SSSR count). The molecule has 0 aliphatic rings. The summed E-state index contributed by atoms with van der Waals surface area (Å²) in [5, 5.41) is 0. The Morgan fingerprint density at radius 2 is 2.00 bits per heavy atom. The molecular formula is C17H17O2S. The molecule has 3 heteroatoms. The molecule has 0 saturated heterocycles. The van der Waals surface area contributed by atoms with Crippen molar-refractivity contribution in [1.29, 1.82) is 0 Å².